The highest BCUT2D eigenvalue weighted by atomic mass is 35.5. The first kappa shape index (κ1) is 11.8. The quantitative estimate of drug-likeness (QED) is 0.636. The third-order valence-corrected chi connectivity index (χ3v) is 3.17. The normalized spacial score (nSPS) is 22.5. The Hall–Kier alpha value is -1.65. The highest BCUT2D eigenvalue weighted by Crippen LogP contribution is 2.43. The largest absolute Gasteiger partial charge is 0.372 e. The molecule has 1 N–H and O–H groups in total. The number of fused-ring (bicyclic) bond motifs is 1. The van der Waals surface area contributed by atoms with Crippen molar-refractivity contribution in [2.75, 3.05) is 11.9 Å². The number of likely N-dealkylation sites (N-methyl/N-ethyl adjacent to an activating group) is 1. The van der Waals surface area contributed by atoms with E-state index < -0.39 is 11.5 Å². The van der Waals surface area contributed by atoms with Crippen LogP contribution < -0.4 is 4.90 Å². The number of halogens is 1. The van der Waals surface area contributed by atoms with Crippen molar-refractivity contribution in [3.05, 3.63) is 40.9 Å². The molecule has 0 aromatic heterocycles. The number of nitrogens with zero attached hydrogens (tertiary/aromatic N) is 1. The minimum Gasteiger partial charge on any atom is -0.372 e. The predicted molar refractivity (Wildman–Crippen MR) is 64.0 cm³/mol. The van der Waals surface area contributed by atoms with Gasteiger partial charge in [0.25, 0.3) is 5.91 Å². The number of anilines is 1. The van der Waals surface area contributed by atoms with Gasteiger partial charge in [-0.05, 0) is 18.2 Å². The first-order chi connectivity index (χ1) is 7.92. The molecular formula is C12H10ClNO3. The smallest absolute Gasteiger partial charge is 0.268 e. The third kappa shape index (κ3) is 1.41. The van der Waals surface area contributed by atoms with Crippen LogP contribution in [0, 0.1) is 0 Å². The molecule has 1 aromatic carbocycles. The Kier molecular flexibility index (Phi) is 2.56. The van der Waals surface area contributed by atoms with Crippen molar-refractivity contribution >= 4 is 29.5 Å². The average Bonchev–Trinajstić information content (AvgIpc) is 2.51. The summed E-state index contributed by atoms with van der Waals surface area (Å²) in [6.07, 6.45) is 0.377. The Morgan fingerprint density at radius 1 is 1.59 bits per heavy atom. The molecule has 1 atom stereocenters. The summed E-state index contributed by atoms with van der Waals surface area (Å²) in [5.41, 5.74) is -1.40. The molecule has 0 saturated carbocycles. The molecule has 1 aliphatic rings. The molecule has 88 valence electrons. The van der Waals surface area contributed by atoms with E-state index in [4.69, 9.17) is 11.6 Å². The molecule has 1 aliphatic heterocycles. The van der Waals surface area contributed by atoms with Gasteiger partial charge < -0.3 is 10.0 Å². The van der Waals surface area contributed by atoms with Crippen LogP contribution in [0.3, 0.4) is 0 Å². The van der Waals surface area contributed by atoms with Crippen LogP contribution in [-0.4, -0.2) is 24.3 Å². The molecule has 5 heteroatoms. The topological polar surface area (TPSA) is 57.6 Å². The number of aliphatic hydroxyl groups is 1. The first-order valence-corrected chi connectivity index (χ1v) is 5.26. The highest BCUT2D eigenvalue weighted by molar-refractivity contribution is 6.31. The summed E-state index contributed by atoms with van der Waals surface area (Å²) in [6.45, 7) is 3.43. The van der Waals surface area contributed by atoms with Gasteiger partial charge in [0, 0.05) is 23.2 Å². The second-order valence-corrected chi connectivity index (χ2v) is 4.32. The number of carbonyl (C=O) groups is 2. The van der Waals surface area contributed by atoms with Crippen LogP contribution in [0.15, 0.2) is 30.4 Å². The lowest BCUT2D eigenvalue weighted by atomic mass is 9.89. The van der Waals surface area contributed by atoms with E-state index in [0.29, 0.717) is 17.0 Å². The van der Waals surface area contributed by atoms with E-state index in [0.717, 1.165) is 0 Å². The Labute approximate surface area is 103 Å². The van der Waals surface area contributed by atoms with Gasteiger partial charge in [0.2, 0.25) is 0 Å². The number of rotatable bonds is 2. The van der Waals surface area contributed by atoms with E-state index in [-0.39, 0.29) is 11.1 Å². The Balaban J connectivity index is 2.73. The number of benzene rings is 1. The number of amides is 1. The van der Waals surface area contributed by atoms with Crippen LogP contribution in [0.1, 0.15) is 5.56 Å². The second kappa shape index (κ2) is 3.68. The fourth-order valence-corrected chi connectivity index (χ4v) is 2.13. The van der Waals surface area contributed by atoms with Gasteiger partial charge in [-0.25, -0.2) is 0 Å². The van der Waals surface area contributed by atoms with Gasteiger partial charge in [-0.1, -0.05) is 18.2 Å². The van der Waals surface area contributed by atoms with Crippen molar-refractivity contribution in [2.24, 2.45) is 0 Å². The standard InChI is InChI=1S/C12H10ClNO3/c1-7(6-15)12(17)9-5-8(13)3-4-10(9)14(2)11(12)16/h3-6,17H,1H2,2H3/t12-/m0/s1. The summed E-state index contributed by atoms with van der Waals surface area (Å²) in [7, 11) is 1.52. The van der Waals surface area contributed by atoms with E-state index >= 15 is 0 Å². The minimum atomic E-state index is -2.00. The monoisotopic (exact) mass is 251 g/mol. The molecule has 1 heterocycles. The number of hydrogen-bond donors (Lipinski definition) is 1. The Morgan fingerprint density at radius 2 is 2.24 bits per heavy atom. The maximum absolute atomic E-state index is 12.0. The SMILES string of the molecule is C=C(C=O)[C@@]1(O)C(=O)N(C)c2ccc(Cl)cc21. The molecule has 0 fully saturated rings. The van der Waals surface area contributed by atoms with E-state index in [1.165, 1.54) is 18.0 Å². The molecule has 4 nitrogen and oxygen atoms in total. The zero-order valence-corrected chi connectivity index (χ0v) is 9.86. The van der Waals surface area contributed by atoms with Crippen molar-refractivity contribution in [1.82, 2.24) is 0 Å². The van der Waals surface area contributed by atoms with Gasteiger partial charge >= 0.3 is 0 Å². The lowest BCUT2D eigenvalue weighted by Gasteiger charge is -2.20. The van der Waals surface area contributed by atoms with E-state index in [1.807, 2.05) is 0 Å². The third-order valence-electron chi connectivity index (χ3n) is 2.93. The molecular weight excluding hydrogens is 242 g/mol. The zero-order valence-electron chi connectivity index (χ0n) is 9.11. The highest BCUT2D eigenvalue weighted by Gasteiger charge is 2.50. The molecule has 0 spiro atoms. The van der Waals surface area contributed by atoms with E-state index in [9.17, 15) is 14.7 Å². The molecule has 0 saturated heterocycles. The lowest BCUT2D eigenvalue weighted by molar-refractivity contribution is -0.133. The van der Waals surface area contributed by atoms with Crippen molar-refractivity contribution in [2.45, 2.75) is 5.60 Å². The number of hydrogen-bond acceptors (Lipinski definition) is 3. The summed E-state index contributed by atoms with van der Waals surface area (Å²) < 4.78 is 0. The van der Waals surface area contributed by atoms with Crippen molar-refractivity contribution in [3.8, 4) is 0 Å². The summed E-state index contributed by atoms with van der Waals surface area (Å²) in [4.78, 5) is 24.1. The predicted octanol–water partition coefficient (Wildman–Crippen LogP) is 1.26. The van der Waals surface area contributed by atoms with Crippen LogP contribution >= 0.6 is 11.6 Å². The van der Waals surface area contributed by atoms with Gasteiger partial charge in [0.05, 0.1) is 5.69 Å². The van der Waals surface area contributed by atoms with Gasteiger partial charge in [-0.3, -0.25) is 9.59 Å². The lowest BCUT2D eigenvalue weighted by Crippen LogP contribution is -2.40. The van der Waals surface area contributed by atoms with Gasteiger partial charge in [-0.2, -0.15) is 0 Å². The second-order valence-electron chi connectivity index (χ2n) is 3.88. The fraction of sp³-hybridized carbons (Fsp3) is 0.167. The molecule has 17 heavy (non-hydrogen) atoms. The first-order valence-electron chi connectivity index (χ1n) is 4.88. The van der Waals surface area contributed by atoms with E-state index in [1.54, 1.807) is 12.1 Å². The van der Waals surface area contributed by atoms with Crippen LogP contribution in [0.5, 0.6) is 0 Å². The molecule has 1 aromatic rings. The van der Waals surface area contributed by atoms with Crippen molar-refractivity contribution in [3.63, 3.8) is 0 Å². The summed E-state index contributed by atoms with van der Waals surface area (Å²) in [5.74, 6) is -0.605. The maximum atomic E-state index is 12.0. The van der Waals surface area contributed by atoms with Crippen LogP contribution in [0.25, 0.3) is 0 Å². The van der Waals surface area contributed by atoms with Crippen molar-refractivity contribution in [1.29, 1.82) is 0 Å². The van der Waals surface area contributed by atoms with Crippen LogP contribution in [0.4, 0.5) is 5.69 Å². The average molecular weight is 252 g/mol. The summed E-state index contributed by atoms with van der Waals surface area (Å²) in [5, 5.41) is 10.8. The van der Waals surface area contributed by atoms with Gasteiger partial charge in [0.1, 0.15) is 6.29 Å². The fourth-order valence-electron chi connectivity index (χ4n) is 1.95. The van der Waals surface area contributed by atoms with Gasteiger partial charge in [-0.15, -0.1) is 0 Å². The minimum absolute atomic E-state index is 0.199. The number of aldehydes is 1. The van der Waals surface area contributed by atoms with E-state index in [2.05, 4.69) is 6.58 Å². The molecule has 0 radical (unpaired) electrons. The maximum Gasteiger partial charge on any atom is 0.268 e. The summed E-state index contributed by atoms with van der Waals surface area (Å²) >= 11 is 5.84. The van der Waals surface area contributed by atoms with Crippen molar-refractivity contribution < 1.29 is 14.7 Å². The number of carbonyl (C=O) groups excluding carboxylic acids is 2. The zero-order chi connectivity index (χ0) is 12.8. The molecule has 0 aliphatic carbocycles. The molecule has 1 amide bonds. The van der Waals surface area contributed by atoms with Crippen LogP contribution in [-0.2, 0) is 15.2 Å². The molecule has 0 bridgehead atoms. The Morgan fingerprint density at radius 3 is 2.82 bits per heavy atom. The van der Waals surface area contributed by atoms with Crippen LogP contribution in [0.2, 0.25) is 5.02 Å². The molecule has 2 rings (SSSR count). The Bertz CT molecular complexity index is 541. The summed E-state index contributed by atoms with van der Waals surface area (Å²) in [6, 6.07) is 4.69. The van der Waals surface area contributed by atoms with Gasteiger partial charge in [0.15, 0.2) is 5.60 Å². The molecule has 0 unspecified atom stereocenters.